The Labute approximate surface area is 154 Å². The van der Waals surface area contributed by atoms with Crippen LogP contribution in [0.1, 0.15) is 0 Å². The molecule has 18 heavy (non-hydrogen) atoms. The van der Waals surface area contributed by atoms with Gasteiger partial charge in [-0.2, -0.15) is 0 Å². The van der Waals surface area contributed by atoms with Crippen LogP contribution < -0.4 is 0 Å². The summed E-state index contributed by atoms with van der Waals surface area (Å²) in [6.45, 7) is 0. The average molecular weight is 666 g/mol. The first-order valence-electron chi connectivity index (χ1n) is 5.35. The third kappa shape index (κ3) is 3.05. The van der Waals surface area contributed by atoms with Crippen molar-refractivity contribution in [3.05, 3.63) is 21.1 Å². The van der Waals surface area contributed by atoms with Gasteiger partial charge in [-0.3, -0.25) is 0 Å². The van der Waals surface area contributed by atoms with Crippen molar-refractivity contribution in [2.24, 2.45) is 0 Å². The quantitative estimate of drug-likeness (QED) is 0.354. The van der Waals surface area contributed by atoms with E-state index < -0.39 is 0 Å². The Morgan fingerprint density at radius 3 is 1.56 bits per heavy atom. The molecule has 4 aliphatic heterocycles. The van der Waals surface area contributed by atoms with E-state index in [1.54, 1.807) is 0 Å². The van der Waals surface area contributed by atoms with Crippen molar-refractivity contribution in [1.82, 2.24) is 0 Å². The van der Waals surface area contributed by atoms with Crippen molar-refractivity contribution < 1.29 is 0 Å². The molecule has 0 saturated carbocycles. The van der Waals surface area contributed by atoms with E-state index in [1.807, 2.05) is 21.1 Å². The second-order valence-corrected chi connectivity index (χ2v) is 25.3. The number of rotatable bonds is 0. The van der Waals surface area contributed by atoms with Gasteiger partial charge in [0.15, 0.2) is 0 Å². The van der Waals surface area contributed by atoms with Crippen LogP contribution >= 0.6 is 23.5 Å². The van der Waals surface area contributed by atoms with E-state index in [0.717, 1.165) is 89.7 Å². The summed E-state index contributed by atoms with van der Waals surface area (Å²) in [6.07, 6.45) is 0. The summed E-state index contributed by atoms with van der Waals surface area (Å²) in [6, 6.07) is 0. The van der Waals surface area contributed by atoms with Crippen LogP contribution in [0.15, 0.2) is 21.1 Å². The van der Waals surface area contributed by atoms with Crippen molar-refractivity contribution in [3.8, 4) is 0 Å². The second-order valence-electron chi connectivity index (χ2n) is 3.53. The van der Waals surface area contributed by atoms with Gasteiger partial charge in [0.2, 0.25) is 0 Å². The molecular weight excluding hydrogens is 658 g/mol. The van der Waals surface area contributed by atoms with E-state index in [4.69, 9.17) is 0 Å². The molecular formula is C10H8S2Se6. The predicted molar refractivity (Wildman–Crippen MR) is 90.1 cm³/mol. The first-order chi connectivity index (χ1) is 8.90. The molecule has 4 rings (SSSR count). The van der Waals surface area contributed by atoms with E-state index >= 15 is 0 Å². The summed E-state index contributed by atoms with van der Waals surface area (Å²) >= 11 is 9.50. The standard InChI is InChI=1S/C10H8S2Se6/c1-3-13-7-5(11-1)15-9(17-7)10-16-6-8(18-10)14-4-2-12-6/h1-4H2/b10-9+. The van der Waals surface area contributed by atoms with Crippen LogP contribution in [0.5, 0.6) is 0 Å². The monoisotopic (exact) mass is 672 g/mol. The van der Waals surface area contributed by atoms with Gasteiger partial charge in [0.25, 0.3) is 0 Å². The molecule has 0 amide bonds. The molecule has 0 spiro atoms. The Hall–Kier alpha value is 3.04. The van der Waals surface area contributed by atoms with Crippen molar-refractivity contribution in [2.75, 3.05) is 11.5 Å². The molecule has 0 N–H and O–H groups in total. The van der Waals surface area contributed by atoms with E-state index in [0.29, 0.717) is 0 Å². The summed E-state index contributed by atoms with van der Waals surface area (Å²) in [5, 5.41) is 3.03. The van der Waals surface area contributed by atoms with Crippen LogP contribution in [0, 0.1) is 0 Å². The third-order valence-electron chi connectivity index (χ3n) is 2.34. The zero-order valence-electron chi connectivity index (χ0n) is 9.09. The summed E-state index contributed by atoms with van der Waals surface area (Å²) in [5.74, 6) is 2.87. The Morgan fingerprint density at radius 2 is 1.11 bits per heavy atom. The molecule has 0 nitrogen and oxygen atoms in total. The SMILES string of the molecule is C1C[Se]C2=C(S1)[Se]/C(=C1/[Se]C3=C([Se]CCS3)[Se]1)[Se]2. The Balaban J connectivity index is 1.54. The van der Waals surface area contributed by atoms with E-state index in [1.165, 1.54) is 22.1 Å². The van der Waals surface area contributed by atoms with Gasteiger partial charge in [-0.05, 0) is 0 Å². The van der Waals surface area contributed by atoms with E-state index in [2.05, 4.69) is 23.5 Å². The van der Waals surface area contributed by atoms with Crippen LogP contribution in [0.2, 0.25) is 10.6 Å². The minimum atomic E-state index is 0.799. The zero-order chi connectivity index (χ0) is 11.9. The normalized spacial score (nSPS) is 32.0. The first kappa shape index (κ1) is 14.6. The summed E-state index contributed by atoms with van der Waals surface area (Å²) in [5.41, 5.74) is 0. The molecule has 4 heterocycles. The van der Waals surface area contributed by atoms with Gasteiger partial charge < -0.3 is 0 Å². The molecule has 96 valence electrons. The molecule has 0 aliphatic carbocycles. The minimum absolute atomic E-state index is 0.799. The van der Waals surface area contributed by atoms with Crippen molar-refractivity contribution in [3.63, 3.8) is 0 Å². The van der Waals surface area contributed by atoms with Gasteiger partial charge in [-0.1, -0.05) is 0 Å². The third-order valence-corrected chi connectivity index (χ3v) is 32.2. The van der Waals surface area contributed by atoms with Crippen molar-refractivity contribution >= 4 is 113 Å². The zero-order valence-corrected chi connectivity index (χ0v) is 21.0. The summed E-state index contributed by atoms with van der Waals surface area (Å²) in [4.78, 5) is 0. The molecule has 0 aromatic carbocycles. The van der Waals surface area contributed by atoms with Crippen LogP contribution in [0.4, 0.5) is 0 Å². The van der Waals surface area contributed by atoms with Gasteiger partial charge in [-0.25, -0.2) is 0 Å². The van der Waals surface area contributed by atoms with Gasteiger partial charge in [0, 0.05) is 0 Å². The molecule has 0 saturated heterocycles. The molecule has 0 aromatic heterocycles. The van der Waals surface area contributed by atoms with Gasteiger partial charge in [0.1, 0.15) is 0 Å². The fourth-order valence-corrected chi connectivity index (χ4v) is 35.6. The molecule has 4 aliphatic rings. The van der Waals surface area contributed by atoms with Crippen LogP contribution in [0.25, 0.3) is 0 Å². The molecule has 0 fully saturated rings. The first-order valence-corrected chi connectivity index (χ1v) is 18.3. The molecule has 0 unspecified atom stereocenters. The van der Waals surface area contributed by atoms with Crippen LogP contribution in [0.3, 0.4) is 0 Å². The molecule has 8 heteroatoms. The maximum atomic E-state index is 2.23. The number of hydrogen-bond acceptors (Lipinski definition) is 2. The molecule has 0 radical (unpaired) electrons. The fourth-order valence-electron chi connectivity index (χ4n) is 1.60. The molecule has 0 atom stereocenters. The van der Waals surface area contributed by atoms with Crippen molar-refractivity contribution in [1.29, 1.82) is 0 Å². The predicted octanol–water partition coefficient (Wildman–Crippen LogP) is 0.949. The number of hydrogen-bond donors (Lipinski definition) is 0. The number of thioether (sulfide) groups is 2. The summed E-state index contributed by atoms with van der Waals surface area (Å²) in [7, 11) is 0. The summed E-state index contributed by atoms with van der Waals surface area (Å²) < 4.78 is 11.8. The van der Waals surface area contributed by atoms with Crippen LogP contribution in [-0.4, -0.2) is 101 Å². The van der Waals surface area contributed by atoms with Gasteiger partial charge >= 0.3 is 156 Å². The Kier molecular flexibility index (Phi) is 5.40. The van der Waals surface area contributed by atoms with E-state index in [-0.39, 0.29) is 0 Å². The van der Waals surface area contributed by atoms with Crippen molar-refractivity contribution in [2.45, 2.75) is 10.6 Å². The van der Waals surface area contributed by atoms with Gasteiger partial charge in [0.05, 0.1) is 0 Å². The van der Waals surface area contributed by atoms with E-state index in [9.17, 15) is 0 Å². The van der Waals surface area contributed by atoms with Crippen LogP contribution in [-0.2, 0) is 0 Å². The average Bonchev–Trinajstić information content (AvgIpc) is 3.02. The maximum absolute atomic E-state index is 2.23. The topological polar surface area (TPSA) is 0 Å². The fraction of sp³-hybridized carbons (Fsp3) is 0.400. The Morgan fingerprint density at radius 1 is 0.611 bits per heavy atom. The molecule has 0 aromatic rings. The Bertz CT molecular complexity index is 411. The second kappa shape index (κ2) is 6.65. The van der Waals surface area contributed by atoms with Gasteiger partial charge in [-0.15, -0.1) is 0 Å². The molecule has 0 bridgehead atoms.